The summed E-state index contributed by atoms with van der Waals surface area (Å²) in [5.41, 5.74) is 2.42. The molecule has 4 fully saturated rings. The molecule has 0 amide bonds. The minimum Gasteiger partial charge on any atom is -0.443 e. The molecular weight excluding hydrogens is 468 g/mol. The summed E-state index contributed by atoms with van der Waals surface area (Å²) >= 11 is 0. The van der Waals surface area contributed by atoms with Gasteiger partial charge in [0, 0.05) is 18.3 Å². The third-order valence-corrected chi connectivity index (χ3v) is 12.5. The summed E-state index contributed by atoms with van der Waals surface area (Å²) in [6.45, 7) is 25.1. The minimum absolute atomic E-state index is 0.0227. The first-order valence-corrected chi connectivity index (χ1v) is 15.6. The van der Waals surface area contributed by atoms with E-state index in [1.807, 2.05) is 6.92 Å². The molecule has 0 aromatic rings. The lowest BCUT2D eigenvalue weighted by atomic mass is 9.44. The molecule has 0 spiro atoms. The number of fused-ring (bicyclic) bond motifs is 2. The second-order valence-electron chi connectivity index (χ2n) is 16.2. The van der Waals surface area contributed by atoms with Gasteiger partial charge in [0.2, 0.25) is 0 Å². The highest BCUT2D eigenvalue weighted by Crippen LogP contribution is 2.65. The van der Waals surface area contributed by atoms with Crippen LogP contribution in [0.15, 0.2) is 36.5 Å². The summed E-state index contributed by atoms with van der Waals surface area (Å²) in [5.74, 6) is 2.01. The van der Waals surface area contributed by atoms with Crippen LogP contribution in [0, 0.1) is 51.2 Å². The van der Waals surface area contributed by atoms with Crippen molar-refractivity contribution < 1.29 is 15.3 Å². The zero-order valence-corrected chi connectivity index (χ0v) is 25.7. The van der Waals surface area contributed by atoms with Crippen LogP contribution in [0.4, 0.5) is 0 Å². The van der Waals surface area contributed by atoms with Crippen molar-refractivity contribution in [3.05, 3.63) is 36.5 Å². The average molecular weight is 528 g/mol. The number of aliphatic hydroxyl groups excluding tert-OH is 1. The second kappa shape index (κ2) is 10.2. The molecule has 0 bridgehead atoms. The largest absolute Gasteiger partial charge is 0.443 e. The highest BCUT2D eigenvalue weighted by Gasteiger charge is 2.60. The van der Waals surface area contributed by atoms with Crippen LogP contribution in [0.3, 0.4) is 0 Å². The van der Waals surface area contributed by atoms with Crippen molar-refractivity contribution in [2.75, 3.05) is 6.61 Å². The number of hydrogen-bond donors (Lipinski definition) is 2. The van der Waals surface area contributed by atoms with Crippen molar-refractivity contribution in [2.24, 2.45) is 51.2 Å². The number of rotatable bonds is 6. The van der Waals surface area contributed by atoms with Crippen molar-refractivity contribution in [3.8, 4) is 0 Å². The van der Waals surface area contributed by atoms with Gasteiger partial charge in [-0.2, -0.15) is 0 Å². The van der Waals surface area contributed by atoms with Gasteiger partial charge in [-0.25, -0.2) is 0 Å². The summed E-state index contributed by atoms with van der Waals surface area (Å²) in [6.07, 6.45) is 14.9. The molecule has 0 saturated heterocycles. The normalized spacial score (nSPS) is 45.1. The summed E-state index contributed by atoms with van der Waals surface area (Å²) in [5, 5.41) is 30.7. The van der Waals surface area contributed by atoms with E-state index in [9.17, 15) is 10.2 Å². The van der Waals surface area contributed by atoms with Crippen molar-refractivity contribution in [3.63, 3.8) is 0 Å². The summed E-state index contributed by atoms with van der Waals surface area (Å²) in [6, 6.07) is 0. The monoisotopic (exact) mass is 527 g/mol. The van der Waals surface area contributed by atoms with Crippen molar-refractivity contribution in [1.82, 2.24) is 0 Å². The Morgan fingerprint density at radius 3 is 2.34 bits per heavy atom. The predicted octanol–water partition coefficient (Wildman–Crippen LogP) is 7.59. The van der Waals surface area contributed by atoms with Crippen LogP contribution < -0.4 is 0 Å². The van der Waals surface area contributed by atoms with Crippen molar-refractivity contribution in [1.29, 1.82) is 0 Å². The molecule has 0 heterocycles. The van der Waals surface area contributed by atoms with Crippen LogP contribution >= 0.6 is 0 Å². The van der Waals surface area contributed by atoms with E-state index in [0.29, 0.717) is 35.5 Å². The van der Waals surface area contributed by atoms with E-state index in [-0.39, 0.29) is 34.9 Å². The molecule has 3 nitrogen and oxygen atoms in total. The van der Waals surface area contributed by atoms with Gasteiger partial charge in [-0.15, -0.1) is 6.58 Å². The molecule has 38 heavy (non-hydrogen) atoms. The molecule has 4 aliphatic rings. The lowest BCUT2D eigenvalue weighted by Crippen LogP contribution is -2.57. The molecule has 4 saturated carbocycles. The van der Waals surface area contributed by atoms with Crippen LogP contribution in [0.25, 0.3) is 0 Å². The maximum Gasteiger partial charge on any atom is 0.161 e. The Morgan fingerprint density at radius 2 is 1.71 bits per heavy atom. The van der Waals surface area contributed by atoms with Crippen LogP contribution in [-0.4, -0.2) is 33.6 Å². The fourth-order valence-corrected chi connectivity index (χ4v) is 11.1. The maximum absolute atomic E-state index is 10.8. The van der Waals surface area contributed by atoms with E-state index in [1.54, 1.807) is 6.08 Å². The van der Waals surface area contributed by atoms with Crippen molar-refractivity contribution in [2.45, 2.75) is 124 Å². The second-order valence-corrected chi connectivity index (χ2v) is 16.2. The van der Waals surface area contributed by atoms with E-state index < -0.39 is 5.60 Å². The van der Waals surface area contributed by atoms with Crippen LogP contribution in [0.1, 0.15) is 113 Å². The van der Waals surface area contributed by atoms with E-state index in [4.69, 9.17) is 5.11 Å². The smallest absolute Gasteiger partial charge is 0.161 e. The first kappa shape index (κ1) is 30.1. The lowest BCUT2D eigenvalue weighted by Gasteiger charge is -2.60. The van der Waals surface area contributed by atoms with Gasteiger partial charge >= 0.3 is 0 Å². The summed E-state index contributed by atoms with van der Waals surface area (Å²) in [4.78, 5) is 0. The molecule has 0 aromatic carbocycles. The number of allylic oxidation sites excluding steroid dienone is 1. The average Bonchev–Trinajstić information content (AvgIpc) is 2.76. The van der Waals surface area contributed by atoms with Crippen LogP contribution in [-0.2, 0) is 0 Å². The van der Waals surface area contributed by atoms with Gasteiger partial charge in [0.25, 0.3) is 0 Å². The first-order chi connectivity index (χ1) is 17.5. The highest BCUT2D eigenvalue weighted by atomic mass is 16.3. The predicted molar refractivity (Wildman–Crippen MR) is 160 cm³/mol. The molecule has 3 heteroatoms. The molecule has 0 aliphatic heterocycles. The van der Waals surface area contributed by atoms with Gasteiger partial charge in [0.1, 0.15) is 0 Å². The fraction of sp³-hybridized carbons (Fsp3) is 0.829. The maximum atomic E-state index is 10.8. The summed E-state index contributed by atoms with van der Waals surface area (Å²) < 4.78 is 0. The van der Waals surface area contributed by atoms with E-state index in [0.717, 1.165) is 32.1 Å². The van der Waals surface area contributed by atoms with Gasteiger partial charge in [-0.3, -0.25) is 0 Å². The molecular formula is C35H59O3+. The quantitative estimate of drug-likeness (QED) is 0.276. The molecule has 4 N–H and O–H groups in total. The first-order valence-electron chi connectivity index (χ1n) is 15.6. The SMILES string of the molecule is C=CC(C)(O)CC[C@H]1C(=C)CC([OH2+])C2C(C)(C)CC(/C=C3\CCC4C(C)(C)CCC[C@]4(C)[C@H]3CO)C[C@@]21C. The third kappa shape index (κ3) is 5.14. The van der Waals surface area contributed by atoms with E-state index in [1.165, 1.54) is 36.8 Å². The summed E-state index contributed by atoms with van der Waals surface area (Å²) in [7, 11) is 0. The van der Waals surface area contributed by atoms with Gasteiger partial charge in [-0.1, -0.05) is 77.8 Å². The number of hydrogen-bond acceptors (Lipinski definition) is 2. The standard InChI is InChI=1S/C35H58O3/c1-10-33(7,38)17-14-26-23(2)18-28(37)30-32(5,6)20-24(21-35(26,30)9)19-25-12-13-29-31(3,4)15-11-16-34(29,8)27(25)22-36/h10,19,24,26-30,36-38H,1-2,11-18,20-22H2,3-9H3/p+1/b25-19+/t24?,26-,27-,28?,29?,30?,33?,34+,35+/m0/s1. The van der Waals surface area contributed by atoms with Gasteiger partial charge in [0.15, 0.2) is 6.10 Å². The van der Waals surface area contributed by atoms with E-state index in [2.05, 4.69) is 60.8 Å². The van der Waals surface area contributed by atoms with Crippen LogP contribution in [0.5, 0.6) is 0 Å². The Labute approximate surface area is 233 Å². The molecule has 9 atom stereocenters. The van der Waals surface area contributed by atoms with Gasteiger partial charge in [-0.05, 0) is 97.7 Å². The van der Waals surface area contributed by atoms with Gasteiger partial charge in [0.05, 0.1) is 12.2 Å². The fourth-order valence-electron chi connectivity index (χ4n) is 11.1. The highest BCUT2D eigenvalue weighted by molar-refractivity contribution is 5.24. The van der Waals surface area contributed by atoms with Gasteiger partial charge < -0.3 is 15.3 Å². The number of aliphatic hydroxyl groups is 2. The third-order valence-electron chi connectivity index (χ3n) is 12.5. The zero-order valence-electron chi connectivity index (χ0n) is 25.7. The Balaban J connectivity index is 1.66. The Kier molecular flexibility index (Phi) is 8.05. The van der Waals surface area contributed by atoms with Crippen molar-refractivity contribution >= 4 is 0 Å². The van der Waals surface area contributed by atoms with E-state index >= 15 is 0 Å². The Hall–Kier alpha value is -0.900. The Bertz CT molecular complexity index is 941. The molecule has 4 rings (SSSR count). The molecule has 216 valence electrons. The zero-order chi connectivity index (χ0) is 28.3. The molecule has 5 unspecified atom stereocenters. The molecule has 4 aliphatic carbocycles. The topological polar surface area (TPSA) is 63.4 Å². The molecule has 0 aromatic heterocycles. The minimum atomic E-state index is -0.869. The Morgan fingerprint density at radius 1 is 1.03 bits per heavy atom. The molecule has 0 radical (unpaired) electrons. The van der Waals surface area contributed by atoms with Crippen LogP contribution in [0.2, 0.25) is 0 Å². The lowest BCUT2D eigenvalue weighted by molar-refractivity contribution is -0.133.